The molecule has 1 amide bonds. The van der Waals surface area contributed by atoms with Crippen LogP contribution >= 0.6 is 15.9 Å². The molecule has 1 aliphatic heterocycles. The van der Waals surface area contributed by atoms with Gasteiger partial charge in [-0.15, -0.1) is 0 Å². The fourth-order valence-corrected chi connectivity index (χ4v) is 1.83. The van der Waals surface area contributed by atoms with Crippen LogP contribution in [0.5, 0.6) is 0 Å². The van der Waals surface area contributed by atoms with Crippen molar-refractivity contribution < 1.29 is 4.79 Å². The summed E-state index contributed by atoms with van der Waals surface area (Å²) in [6, 6.07) is 7.90. The number of benzene rings is 1. The number of hydrogen-bond acceptors (Lipinski definition) is 5. The van der Waals surface area contributed by atoms with E-state index in [0.29, 0.717) is 5.71 Å². The molecule has 20 heavy (non-hydrogen) atoms. The first-order valence-electron chi connectivity index (χ1n) is 5.93. The van der Waals surface area contributed by atoms with E-state index in [4.69, 9.17) is 0 Å². The minimum Gasteiger partial charge on any atom is -0.378 e. The minimum absolute atomic E-state index is 0.253. The van der Waals surface area contributed by atoms with Gasteiger partial charge in [-0.2, -0.15) is 15.3 Å². The van der Waals surface area contributed by atoms with Crippen LogP contribution in [-0.4, -0.2) is 43.0 Å². The molecule has 7 heteroatoms. The summed E-state index contributed by atoms with van der Waals surface area (Å²) in [6.45, 7) is 0. The monoisotopic (exact) mass is 335 g/mol. The van der Waals surface area contributed by atoms with E-state index in [1.165, 1.54) is 6.21 Å². The lowest BCUT2D eigenvalue weighted by Gasteiger charge is -2.11. The Morgan fingerprint density at radius 3 is 2.70 bits per heavy atom. The lowest BCUT2D eigenvalue weighted by molar-refractivity contribution is -0.119. The summed E-state index contributed by atoms with van der Waals surface area (Å²) >= 11 is 3.22. The van der Waals surface area contributed by atoms with Crippen molar-refractivity contribution in [3.05, 3.63) is 29.8 Å². The predicted molar refractivity (Wildman–Crippen MR) is 85.1 cm³/mol. The minimum atomic E-state index is -0.520. The van der Waals surface area contributed by atoms with Gasteiger partial charge in [-0.1, -0.05) is 28.1 Å². The molecule has 2 rings (SSSR count). The number of carbonyl (C=O) groups excluding carboxylic acids is 1. The summed E-state index contributed by atoms with van der Waals surface area (Å²) in [5.74, 6) is -0.253. The molecule has 1 aromatic carbocycles. The van der Waals surface area contributed by atoms with Crippen molar-refractivity contribution >= 4 is 45.7 Å². The second-order valence-corrected chi connectivity index (χ2v) is 5.27. The number of anilines is 1. The van der Waals surface area contributed by atoms with E-state index in [-0.39, 0.29) is 5.91 Å². The second-order valence-electron chi connectivity index (χ2n) is 4.35. The van der Waals surface area contributed by atoms with Crippen molar-refractivity contribution in [2.24, 2.45) is 15.3 Å². The number of hydrazone groups is 1. The highest BCUT2D eigenvalue weighted by atomic mass is 79.9. The van der Waals surface area contributed by atoms with Gasteiger partial charge in [-0.25, -0.2) is 5.43 Å². The maximum absolute atomic E-state index is 11.3. The summed E-state index contributed by atoms with van der Waals surface area (Å²) < 4.78 is 0. The molecule has 0 bridgehead atoms. The van der Waals surface area contributed by atoms with Gasteiger partial charge in [0, 0.05) is 19.8 Å². The summed E-state index contributed by atoms with van der Waals surface area (Å²) in [5, 5.41) is 11.6. The van der Waals surface area contributed by atoms with Crippen LogP contribution in [0.2, 0.25) is 0 Å². The molecule has 104 valence electrons. The van der Waals surface area contributed by atoms with Crippen LogP contribution in [-0.2, 0) is 4.79 Å². The highest BCUT2D eigenvalue weighted by Crippen LogP contribution is 2.11. The zero-order valence-electron chi connectivity index (χ0n) is 11.1. The first-order valence-corrected chi connectivity index (χ1v) is 6.85. The lowest BCUT2D eigenvalue weighted by atomic mass is 10.2. The van der Waals surface area contributed by atoms with Crippen LogP contribution in [0.25, 0.3) is 0 Å². The third-order valence-corrected chi connectivity index (χ3v) is 3.54. The molecule has 1 heterocycles. The van der Waals surface area contributed by atoms with Crippen LogP contribution in [0.1, 0.15) is 5.56 Å². The van der Waals surface area contributed by atoms with Crippen molar-refractivity contribution in [1.29, 1.82) is 0 Å². The Labute approximate surface area is 125 Å². The van der Waals surface area contributed by atoms with E-state index < -0.39 is 4.83 Å². The van der Waals surface area contributed by atoms with Gasteiger partial charge in [0.25, 0.3) is 5.91 Å². The fourth-order valence-electron chi connectivity index (χ4n) is 1.52. The molecule has 0 spiro atoms. The molecule has 0 aromatic heterocycles. The van der Waals surface area contributed by atoms with Crippen molar-refractivity contribution in [2.45, 2.75) is 4.83 Å². The van der Waals surface area contributed by atoms with Crippen LogP contribution in [0.15, 0.2) is 39.6 Å². The maximum Gasteiger partial charge on any atom is 0.260 e. The van der Waals surface area contributed by atoms with Crippen LogP contribution < -0.4 is 10.3 Å². The molecule has 6 nitrogen and oxygen atoms in total. The van der Waals surface area contributed by atoms with Gasteiger partial charge in [-0.05, 0) is 17.7 Å². The van der Waals surface area contributed by atoms with Crippen LogP contribution in [0, 0.1) is 0 Å². The summed E-state index contributed by atoms with van der Waals surface area (Å²) in [6.07, 6.45) is 3.10. The Morgan fingerprint density at radius 1 is 1.35 bits per heavy atom. The van der Waals surface area contributed by atoms with Crippen LogP contribution in [0.3, 0.4) is 0 Å². The smallest absolute Gasteiger partial charge is 0.260 e. The SMILES string of the molecule is CN(C)c1ccc(/C=N\N=C2\C=NNC(=O)C2Br)cc1. The molecule has 1 N–H and O–H groups in total. The molecule has 1 unspecified atom stereocenters. The quantitative estimate of drug-likeness (QED) is 0.515. The molecule has 0 saturated heterocycles. The van der Waals surface area contributed by atoms with Gasteiger partial charge in [0.05, 0.1) is 12.4 Å². The van der Waals surface area contributed by atoms with E-state index in [2.05, 4.69) is 36.7 Å². The van der Waals surface area contributed by atoms with E-state index in [1.807, 2.05) is 43.3 Å². The number of amides is 1. The number of nitrogens with zero attached hydrogens (tertiary/aromatic N) is 4. The maximum atomic E-state index is 11.3. The second kappa shape index (κ2) is 6.42. The standard InChI is InChI=1S/C13H14BrN5O/c1-19(2)10-5-3-9(4-6-10)7-15-17-11-8-16-18-13(20)12(11)14/h3-8,12H,1-2H3,(H,18,20)/b15-7-,17-11-. The molecule has 1 atom stereocenters. The van der Waals surface area contributed by atoms with Gasteiger partial charge in [0.2, 0.25) is 0 Å². The van der Waals surface area contributed by atoms with Gasteiger partial charge >= 0.3 is 0 Å². The Bertz CT molecular complexity index is 577. The number of hydrogen-bond donors (Lipinski definition) is 1. The van der Waals surface area contributed by atoms with Crippen LogP contribution in [0.4, 0.5) is 5.69 Å². The van der Waals surface area contributed by atoms with Gasteiger partial charge in [0.1, 0.15) is 10.5 Å². The Hall–Kier alpha value is -2.02. The molecule has 0 fully saturated rings. The Morgan fingerprint density at radius 2 is 2.05 bits per heavy atom. The molecule has 1 aliphatic rings. The predicted octanol–water partition coefficient (Wildman–Crippen LogP) is 1.41. The molecule has 1 aromatic rings. The van der Waals surface area contributed by atoms with Gasteiger partial charge in [-0.3, -0.25) is 4.79 Å². The molecular formula is C13H14BrN5O. The summed E-state index contributed by atoms with van der Waals surface area (Å²) in [7, 11) is 3.97. The average molecular weight is 336 g/mol. The lowest BCUT2D eigenvalue weighted by Crippen LogP contribution is -2.38. The van der Waals surface area contributed by atoms with Crippen molar-refractivity contribution in [2.75, 3.05) is 19.0 Å². The van der Waals surface area contributed by atoms with Gasteiger partial charge < -0.3 is 4.90 Å². The van der Waals surface area contributed by atoms with Crippen molar-refractivity contribution in [3.63, 3.8) is 0 Å². The van der Waals surface area contributed by atoms with E-state index in [1.54, 1.807) is 6.21 Å². The topological polar surface area (TPSA) is 69.4 Å². The highest BCUT2D eigenvalue weighted by Gasteiger charge is 2.23. The van der Waals surface area contributed by atoms with Crippen molar-refractivity contribution in [3.8, 4) is 0 Å². The normalized spacial score (nSPS) is 20.4. The molecule has 0 radical (unpaired) electrons. The van der Waals surface area contributed by atoms with E-state index >= 15 is 0 Å². The molecule has 0 saturated carbocycles. The number of alkyl halides is 1. The zero-order valence-corrected chi connectivity index (χ0v) is 12.7. The average Bonchev–Trinajstić information content (AvgIpc) is 2.44. The summed E-state index contributed by atoms with van der Waals surface area (Å²) in [5.41, 5.74) is 4.85. The van der Waals surface area contributed by atoms with E-state index in [0.717, 1.165) is 11.3 Å². The largest absolute Gasteiger partial charge is 0.378 e. The van der Waals surface area contributed by atoms with E-state index in [9.17, 15) is 4.79 Å². The Balaban J connectivity index is 2.08. The first kappa shape index (κ1) is 14.4. The number of rotatable bonds is 3. The first-order chi connectivity index (χ1) is 9.58. The van der Waals surface area contributed by atoms with Gasteiger partial charge in [0.15, 0.2) is 0 Å². The number of halogens is 1. The Kier molecular flexibility index (Phi) is 4.62. The third kappa shape index (κ3) is 3.51. The zero-order chi connectivity index (χ0) is 14.5. The highest BCUT2D eigenvalue weighted by molar-refractivity contribution is 9.10. The molecule has 0 aliphatic carbocycles. The van der Waals surface area contributed by atoms with Crippen molar-refractivity contribution in [1.82, 2.24) is 5.43 Å². The molecular weight excluding hydrogens is 322 g/mol. The number of nitrogens with one attached hydrogen (secondary N) is 1. The fraction of sp³-hybridized carbons (Fsp3) is 0.231. The summed E-state index contributed by atoms with van der Waals surface area (Å²) in [4.78, 5) is 12.8. The third-order valence-electron chi connectivity index (χ3n) is 2.65. The number of carbonyl (C=O) groups is 1.